The number of benzene rings is 2. The number of carbonyl (C=O) groups excluding carboxylic acids is 2. The highest BCUT2D eigenvalue weighted by Crippen LogP contribution is 2.36. The van der Waals surface area contributed by atoms with Crippen LogP contribution < -0.4 is 21.3 Å². The second-order valence-corrected chi connectivity index (χ2v) is 8.50. The SMILES string of the molecule is O=C(O)C[C@@H](NC(=O)CNC(=O)c1cccc(NC2=NCC(O)CN2)c1)c1cc(Cl)cc(Cl)c1O. The monoisotopic (exact) mass is 523 g/mol. The smallest absolute Gasteiger partial charge is 0.305 e. The molecule has 11 nitrogen and oxygen atoms in total. The maximum absolute atomic E-state index is 12.5. The van der Waals surface area contributed by atoms with Crippen LogP contribution in [0.25, 0.3) is 0 Å². The van der Waals surface area contributed by atoms with E-state index in [9.17, 15) is 29.7 Å². The average molecular weight is 524 g/mol. The number of anilines is 1. The van der Waals surface area contributed by atoms with Gasteiger partial charge in [-0.25, -0.2) is 0 Å². The van der Waals surface area contributed by atoms with Crippen LogP contribution in [0.15, 0.2) is 41.4 Å². The number of carbonyl (C=O) groups is 3. The van der Waals surface area contributed by atoms with Crippen LogP contribution >= 0.6 is 23.2 Å². The molecular weight excluding hydrogens is 501 g/mol. The Kier molecular flexibility index (Phi) is 8.74. The normalized spacial score (nSPS) is 15.9. The summed E-state index contributed by atoms with van der Waals surface area (Å²) in [6.07, 6.45) is -1.11. The molecule has 2 aromatic carbocycles. The fourth-order valence-corrected chi connectivity index (χ4v) is 3.77. The van der Waals surface area contributed by atoms with Crippen LogP contribution in [-0.2, 0) is 9.59 Å². The third kappa shape index (κ3) is 7.47. The lowest BCUT2D eigenvalue weighted by Gasteiger charge is -2.20. The van der Waals surface area contributed by atoms with Crippen LogP contribution in [0, 0.1) is 0 Å². The van der Waals surface area contributed by atoms with Crippen molar-refractivity contribution in [3.8, 4) is 5.75 Å². The maximum Gasteiger partial charge on any atom is 0.305 e. The zero-order chi connectivity index (χ0) is 25.5. The van der Waals surface area contributed by atoms with Crippen molar-refractivity contribution in [2.24, 2.45) is 4.99 Å². The number of carboxylic acid groups (broad SMARTS) is 1. The number of aliphatic hydroxyl groups excluding tert-OH is 1. The summed E-state index contributed by atoms with van der Waals surface area (Å²) in [5.41, 5.74) is 0.871. The quantitative estimate of drug-likeness (QED) is 0.272. The number of aliphatic hydroxyl groups is 1. The second-order valence-electron chi connectivity index (χ2n) is 7.66. The van der Waals surface area contributed by atoms with Crippen molar-refractivity contribution in [2.75, 3.05) is 25.0 Å². The minimum Gasteiger partial charge on any atom is -0.506 e. The van der Waals surface area contributed by atoms with E-state index in [0.717, 1.165) is 0 Å². The number of guanidine groups is 1. The minimum atomic E-state index is -1.23. The Morgan fingerprint density at radius 2 is 1.97 bits per heavy atom. The Bertz CT molecular complexity index is 1160. The molecule has 0 saturated carbocycles. The third-order valence-corrected chi connectivity index (χ3v) is 5.42. The number of amides is 2. The zero-order valence-electron chi connectivity index (χ0n) is 18.2. The van der Waals surface area contributed by atoms with E-state index in [1.165, 1.54) is 12.1 Å². The number of halogens is 2. The number of phenols is 1. The summed E-state index contributed by atoms with van der Waals surface area (Å²) in [7, 11) is 0. The number of carboxylic acids is 1. The predicted molar refractivity (Wildman–Crippen MR) is 130 cm³/mol. The molecule has 0 fully saturated rings. The predicted octanol–water partition coefficient (Wildman–Crippen LogP) is 1.49. The topological polar surface area (TPSA) is 172 Å². The summed E-state index contributed by atoms with van der Waals surface area (Å²) in [6.45, 7) is 0.156. The molecule has 0 saturated heterocycles. The number of hydrogen-bond donors (Lipinski definition) is 7. The maximum atomic E-state index is 12.5. The van der Waals surface area contributed by atoms with Gasteiger partial charge in [0.1, 0.15) is 5.75 Å². The molecule has 13 heteroatoms. The molecule has 7 N–H and O–H groups in total. The highest BCUT2D eigenvalue weighted by atomic mass is 35.5. The Morgan fingerprint density at radius 3 is 2.66 bits per heavy atom. The van der Waals surface area contributed by atoms with Crippen LogP contribution in [0.2, 0.25) is 10.0 Å². The van der Waals surface area contributed by atoms with Gasteiger partial charge >= 0.3 is 5.97 Å². The van der Waals surface area contributed by atoms with Crippen molar-refractivity contribution in [3.63, 3.8) is 0 Å². The lowest BCUT2D eigenvalue weighted by atomic mass is 10.0. The lowest BCUT2D eigenvalue weighted by molar-refractivity contribution is -0.137. The number of rotatable bonds is 8. The van der Waals surface area contributed by atoms with Crippen molar-refractivity contribution in [2.45, 2.75) is 18.6 Å². The molecule has 1 unspecified atom stereocenters. The number of hydrogen-bond acceptors (Lipinski definition) is 8. The highest BCUT2D eigenvalue weighted by Gasteiger charge is 2.23. The number of β-amino-alcohol motifs (C(OH)–C–C–N with tert-alkyl or cyclic N) is 1. The van der Waals surface area contributed by atoms with Gasteiger partial charge in [0, 0.05) is 28.4 Å². The van der Waals surface area contributed by atoms with Crippen LogP contribution in [0.3, 0.4) is 0 Å². The largest absolute Gasteiger partial charge is 0.506 e. The highest BCUT2D eigenvalue weighted by molar-refractivity contribution is 6.35. The minimum absolute atomic E-state index is 0.0371. The molecule has 3 rings (SSSR count). The van der Waals surface area contributed by atoms with Gasteiger partial charge in [-0.05, 0) is 30.3 Å². The van der Waals surface area contributed by atoms with Crippen molar-refractivity contribution >= 4 is 52.6 Å². The first-order valence-corrected chi connectivity index (χ1v) is 11.2. The van der Waals surface area contributed by atoms with Gasteiger partial charge in [0.05, 0.1) is 36.7 Å². The number of nitrogens with one attached hydrogen (secondary N) is 4. The molecule has 186 valence electrons. The third-order valence-electron chi connectivity index (χ3n) is 4.91. The van der Waals surface area contributed by atoms with Gasteiger partial charge in [-0.2, -0.15) is 0 Å². The molecule has 0 radical (unpaired) electrons. The van der Waals surface area contributed by atoms with E-state index in [0.29, 0.717) is 18.2 Å². The van der Waals surface area contributed by atoms with Gasteiger partial charge in [0.15, 0.2) is 5.96 Å². The van der Waals surface area contributed by atoms with Gasteiger partial charge in [-0.1, -0.05) is 29.3 Å². The first-order valence-electron chi connectivity index (χ1n) is 10.4. The molecular formula is C22H23Cl2N5O6. The number of nitrogens with zero attached hydrogens (tertiary/aromatic N) is 1. The molecule has 1 heterocycles. The first-order chi connectivity index (χ1) is 16.6. The van der Waals surface area contributed by atoms with Crippen molar-refractivity contribution in [3.05, 3.63) is 57.6 Å². The van der Waals surface area contributed by atoms with E-state index in [1.807, 2.05) is 0 Å². The number of aliphatic carboxylic acids is 1. The Labute approximate surface area is 210 Å². The standard InChI is InChI=1S/C22H23Cl2N5O6/c23-12-5-15(20(34)16(24)6-12)17(7-19(32)33)29-18(31)10-25-21(35)11-2-1-3-13(4-11)28-22-26-8-14(30)9-27-22/h1-6,14,17,30,34H,7-10H2,(H,25,35)(H,29,31)(H,32,33)(H2,26,27,28)/t17-/m1/s1. The van der Waals surface area contributed by atoms with Gasteiger partial charge < -0.3 is 36.6 Å². The molecule has 0 aromatic heterocycles. The van der Waals surface area contributed by atoms with E-state index >= 15 is 0 Å². The van der Waals surface area contributed by atoms with Crippen molar-refractivity contribution in [1.82, 2.24) is 16.0 Å². The zero-order valence-corrected chi connectivity index (χ0v) is 19.7. The summed E-state index contributed by atoms with van der Waals surface area (Å²) < 4.78 is 0. The van der Waals surface area contributed by atoms with E-state index in [-0.39, 0.29) is 27.7 Å². The molecule has 35 heavy (non-hydrogen) atoms. The summed E-state index contributed by atoms with van der Waals surface area (Å²) >= 11 is 11.9. The number of aliphatic imine (C=N–C) groups is 1. The fourth-order valence-electron chi connectivity index (χ4n) is 3.26. The Hall–Kier alpha value is -3.54. The Balaban J connectivity index is 1.62. The summed E-state index contributed by atoms with van der Waals surface area (Å²) in [5, 5.41) is 39.8. The van der Waals surface area contributed by atoms with Gasteiger partial charge in [0.2, 0.25) is 5.91 Å². The summed E-state index contributed by atoms with van der Waals surface area (Å²) in [5.74, 6) is -2.40. The summed E-state index contributed by atoms with van der Waals surface area (Å²) in [6, 6.07) is 7.93. The molecule has 2 atom stereocenters. The van der Waals surface area contributed by atoms with Gasteiger partial charge in [-0.15, -0.1) is 0 Å². The van der Waals surface area contributed by atoms with E-state index in [2.05, 4.69) is 26.3 Å². The molecule has 2 amide bonds. The van der Waals surface area contributed by atoms with Gasteiger partial charge in [-0.3, -0.25) is 19.4 Å². The van der Waals surface area contributed by atoms with Crippen LogP contribution in [0.1, 0.15) is 28.4 Å². The molecule has 0 spiro atoms. The second kappa shape index (κ2) is 11.7. The molecule has 1 aliphatic rings. The first kappa shape index (κ1) is 26.1. The van der Waals surface area contributed by atoms with E-state index < -0.39 is 48.6 Å². The van der Waals surface area contributed by atoms with Crippen LogP contribution in [0.4, 0.5) is 5.69 Å². The molecule has 0 bridgehead atoms. The van der Waals surface area contributed by atoms with Crippen LogP contribution in [0.5, 0.6) is 5.75 Å². The molecule has 0 aliphatic carbocycles. The van der Waals surface area contributed by atoms with Crippen molar-refractivity contribution in [1.29, 1.82) is 0 Å². The van der Waals surface area contributed by atoms with Gasteiger partial charge in [0.25, 0.3) is 5.91 Å². The molecule has 2 aromatic rings. The van der Waals surface area contributed by atoms with E-state index in [4.69, 9.17) is 23.2 Å². The molecule has 1 aliphatic heterocycles. The Morgan fingerprint density at radius 1 is 1.20 bits per heavy atom. The lowest BCUT2D eigenvalue weighted by Crippen LogP contribution is -2.42. The fraction of sp³-hybridized carbons (Fsp3) is 0.273. The van der Waals surface area contributed by atoms with Crippen molar-refractivity contribution < 1.29 is 29.7 Å². The number of phenolic OH excluding ortho intramolecular Hbond substituents is 1. The van der Waals surface area contributed by atoms with E-state index in [1.54, 1.807) is 24.3 Å². The summed E-state index contributed by atoms with van der Waals surface area (Å²) in [4.78, 5) is 40.4. The average Bonchev–Trinajstić information content (AvgIpc) is 2.81. The van der Waals surface area contributed by atoms with Crippen LogP contribution in [-0.4, -0.2) is 64.8 Å². The number of aromatic hydroxyl groups is 1.